The molecule has 1 aliphatic heterocycles. The lowest BCUT2D eigenvalue weighted by Crippen LogP contribution is -2.38. The third-order valence-corrected chi connectivity index (χ3v) is 4.66. The van der Waals surface area contributed by atoms with Crippen molar-refractivity contribution >= 4 is 26.7 Å². The van der Waals surface area contributed by atoms with E-state index in [9.17, 15) is 0 Å². The van der Waals surface area contributed by atoms with Gasteiger partial charge >= 0.3 is 0 Å². The van der Waals surface area contributed by atoms with E-state index in [1.165, 1.54) is 0 Å². The standard InChI is InChI=1S/C15H21N3O3S/c1-19-11-9-12(20-2)14-13(10-11)22-15(17-14)16-3-4-18-5-7-21-8-6-18/h9-10H,3-8H2,1-2H3,(H,16,17). The Hall–Kier alpha value is -1.57. The Kier molecular flexibility index (Phi) is 4.97. The van der Waals surface area contributed by atoms with E-state index >= 15 is 0 Å². The number of hydrogen-bond acceptors (Lipinski definition) is 7. The summed E-state index contributed by atoms with van der Waals surface area (Å²) in [6.45, 7) is 5.55. The summed E-state index contributed by atoms with van der Waals surface area (Å²) in [5.41, 5.74) is 0.877. The molecule has 0 radical (unpaired) electrons. The lowest BCUT2D eigenvalue weighted by atomic mass is 10.3. The number of anilines is 1. The zero-order valence-corrected chi connectivity index (χ0v) is 13.7. The van der Waals surface area contributed by atoms with Crippen LogP contribution in [0.2, 0.25) is 0 Å². The number of rotatable bonds is 6. The minimum absolute atomic E-state index is 0.742. The van der Waals surface area contributed by atoms with Gasteiger partial charge in [0, 0.05) is 32.2 Å². The van der Waals surface area contributed by atoms with Crippen LogP contribution in [0.4, 0.5) is 5.13 Å². The van der Waals surface area contributed by atoms with E-state index in [0.717, 1.165) is 66.2 Å². The minimum atomic E-state index is 0.742. The molecule has 1 aromatic carbocycles. The number of ether oxygens (including phenoxy) is 3. The first-order valence-electron chi connectivity index (χ1n) is 7.36. The van der Waals surface area contributed by atoms with E-state index in [4.69, 9.17) is 14.2 Å². The highest BCUT2D eigenvalue weighted by Crippen LogP contribution is 2.36. The molecule has 0 unspecified atom stereocenters. The van der Waals surface area contributed by atoms with E-state index in [1.807, 2.05) is 12.1 Å². The smallest absolute Gasteiger partial charge is 0.183 e. The average Bonchev–Trinajstić information content (AvgIpc) is 2.97. The first-order chi connectivity index (χ1) is 10.8. The molecule has 0 atom stereocenters. The Morgan fingerprint density at radius 3 is 2.82 bits per heavy atom. The number of methoxy groups -OCH3 is 2. The van der Waals surface area contributed by atoms with Crippen LogP contribution in [0.15, 0.2) is 12.1 Å². The van der Waals surface area contributed by atoms with Crippen LogP contribution in [0.5, 0.6) is 11.5 Å². The fourth-order valence-electron chi connectivity index (χ4n) is 2.47. The summed E-state index contributed by atoms with van der Waals surface area (Å²) in [5.74, 6) is 1.53. The maximum atomic E-state index is 5.40. The number of morpholine rings is 1. The first kappa shape index (κ1) is 15.3. The maximum Gasteiger partial charge on any atom is 0.183 e. The summed E-state index contributed by atoms with van der Waals surface area (Å²) in [6.07, 6.45) is 0. The summed E-state index contributed by atoms with van der Waals surface area (Å²) in [5, 5.41) is 4.31. The molecule has 0 spiro atoms. The molecule has 2 aromatic rings. The van der Waals surface area contributed by atoms with Gasteiger partial charge in [0.15, 0.2) is 5.13 Å². The number of fused-ring (bicyclic) bond motifs is 1. The minimum Gasteiger partial charge on any atom is -0.497 e. The molecule has 22 heavy (non-hydrogen) atoms. The SMILES string of the molecule is COc1cc(OC)c2nc(NCCN3CCOCC3)sc2c1. The molecule has 6 nitrogen and oxygen atoms in total. The monoisotopic (exact) mass is 323 g/mol. The zero-order chi connectivity index (χ0) is 15.4. The maximum absolute atomic E-state index is 5.40. The molecule has 1 saturated heterocycles. The van der Waals surface area contributed by atoms with Gasteiger partial charge in [-0.2, -0.15) is 0 Å². The van der Waals surface area contributed by atoms with Crippen molar-refractivity contribution < 1.29 is 14.2 Å². The molecule has 0 bridgehead atoms. The van der Waals surface area contributed by atoms with Crippen LogP contribution < -0.4 is 14.8 Å². The fraction of sp³-hybridized carbons (Fsp3) is 0.533. The highest BCUT2D eigenvalue weighted by molar-refractivity contribution is 7.22. The summed E-state index contributed by atoms with van der Waals surface area (Å²) in [6, 6.07) is 3.85. The third kappa shape index (κ3) is 3.43. The number of aromatic nitrogens is 1. The van der Waals surface area contributed by atoms with Crippen molar-refractivity contribution in [1.29, 1.82) is 0 Å². The summed E-state index contributed by atoms with van der Waals surface area (Å²) < 4.78 is 17.1. The second-order valence-electron chi connectivity index (χ2n) is 5.08. The number of nitrogens with one attached hydrogen (secondary N) is 1. The third-order valence-electron chi connectivity index (χ3n) is 3.70. The molecular formula is C15H21N3O3S. The van der Waals surface area contributed by atoms with Crippen LogP contribution in [0, 0.1) is 0 Å². The predicted octanol–water partition coefficient (Wildman–Crippen LogP) is 2.06. The van der Waals surface area contributed by atoms with Crippen molar-refractivity contribution in [3.8, 4) is 11.5 Å². The second-order valence-corrected chi connectivity index (χ2v) is 6.11. The summed E-state index contributed by atoms with van der Waals surface area (Å²) in [4.78, 5) is 7.02. The molecule has 2 heterocycles. The number of thiazole rings is 1. The van der Waals surface area contributed by atoms with Crippen molar-refractivity contribution in [3.63, 3.8) is 0 Å². The number of hydrogen-bond donors (Lipinski definition) is 1. The highest BCUT2D eigenvalue weighted by Gasteiger charge is 2.12. The predicted molar refractivity (Wildman–Crippen MR) is 88.5 cm³/mol. The van der Waals surface area contributed by atoms with Gasteiger partial charge in [0.25, 0.3) is 0 Å². The lowest BCUT2D eigenvalue weighted by Gasteiger charge is -2.26. The van der Waals surface area contributed by atoms with Gasteiger partial charge in [-0.25, -0.2) is 4.98 Å². The van der Waals surface area contributed by atoms with Crippen molar-refractivity contribution in [1.82, 2.24) is 9.88 Å². The van der Waals surface area contributed by atoms with Gasteiger partial charge in [-0.1, -0.05) is 11.3 Å². The Morgan fingerprint density at radius 2 is 2.09 bits per heavy atom. The lowest BCUT2D eigenvalue weighted by molar-refractivity contribution is 0.0398. The van der Waals surface area contributed by atoms with Gasteiger partial charge < -0.3 is 19.5 Å². The molecule has 0 aliphatic carbocycles. The van der Waals surface area contributed by atoms with Gasteiger partial charge in [-0.3, -0.25) is 4.90 Å². The summed E-state index contributed by atoms with van der Waals surface area (Å²) in [7, 11) is 3.31. The van der Waals surface area contributed by atoms with Gasteiger partial charge in [0.05, 0.1) is 32.1 Å². The molecule has 120 valence electrons. The van der Waals surface area contributed by atoms with Crippen LogP contribution >= 0.6 is 11.3 Å². The second kappa shape index (κ2) is 7.13. The van der Waals surface area contributed by atoms with E-state index in [1.54, 1.807) is 25.6 Å². The molecule has 1 N–H and O–H groups in total. The first-order valence-corrected chi connectivity index (χ1v) is 8.18. The van der Waals surface area contributed by atoms with E-state index in [-0.39, 0.29) is 0 Å². The number of benzene rings is 1. The van der Waals surface area contributed by atoms with Crippen molar-refractivity contribution in [3.05, 3.63) is 12.1 Å². The Morgan fingerprint density at radius 1 is 1.27 bits per heavy atom. The normalized spacial score (nSPS) is 15.9. The molecule has 0 amide bonds. The molecule has 1 aliphatic rings. The van der Waals surface area contributed by atoms with Crippen LogP contribution in [-0.2, 0) is 4.74 Å². The number of nitrogens with zero attached hydrogens (tertiary/aromatic N) is 2. The topological polar surface area (TPSA) is 55.9 Å². The summed E-state index contributed by atoms with van der Waals surface area (Å²) >= 11 is 1.62. The molecule has 0 saturated carbocycles. The van der Waals surface area contributed by atoms with Gasteiger partial charge in [0.1, 0.15) is 17.0 Å². The molecular weight excluding hydrogens is 302 g/mol. The van der Waals surface area contributed by atoms with Crippen molar-refractivity contribution in [2.75, 3.05) is 58.9 Å². The quantitative estimate of drug-likeness (QED) is 0.878. The molecule has 1 fully saturated rings. The Balaban J connectivity index is 1.66. The molecule has 3 rings (SSSR count). The van der Waals surface area contributed by atoms with E-state index < -0.39 is 0 Å². The largest absolute Gasteiger partial charge is 0.497 e. The zero-order valence-electron chi connectivity index (χ0n) is 12.9. The van der Waals surface area contributed by atoms with Crippen LogP contribution in [0.1, 0.15) is 0 Å². The Bertz CT molecular complexity index is 626. The van der Waals surface area contributed by atoms with E-state index in [2.05, 4.69) is 15.2 Å². The van der Waals surface area contributed by atoms with Crippen LogP contribution in [0.25, 0.3) is 10.2 Å². The van der Waals surface area contributed by atoms with Gasteiger partial charge in [-0.05, 0) is 6.07 Å². The Labute approximate surface area is 134 Å². The van der Waals surface area contributed by atoms with E-state index in [0.29, 0.717) is 0 Å². The van der Waals surface area contributed by atoms with Gasteiger partial charge in [-0.15, -0.1) is 0 Å². The molecule has 1 aromatic heterocycles. The van der Waals surface area contributed by atoms with Crippen molar-refractivity contribution in [2.45, 2.75) is 0 Å². The fourth-order valence-corrected chi connectivity index (χ4v) is 3.41. The highest BCUT2D eigenvalue weighted by atomic mass is 32.1. The van der Waals surface area contributed by atoms with Crippen molar-refractivity contribution in [2.24, 2.45) is 0 Å². The average molecular weight is 323 g/mol. The van der Waals surface area contributed by atoms with Crippen LogP contribution in [0.3, 0.4) is 0 Å². The molecule has 7 heteroatoms. The van der Waals surface area contributed by atoms with Crippen LogP contribution in [-0.4, -0.2) is 63.5 Å². The van der Waals surface area contributed by atoms with Gasteiger partial charge in [0.2, 0.25) is 0 Å².